The number of carbonyl (C=O) groups is 1. The van der Waals surface area contributed by atoms with Crippen molar-refractivity contribution in [1.29, 1.82) is 5.26 Å². The molecule has 3 N–H and O–H groups in total. The van der Waals surface area contributed by atoms with E-state index in [1.807, 2.05) is 6.07 Å². The van der Waals surface area contributed by atoms with Crippen LogP contribution in [0.3, 0.4) is 0 Å². The number of ketones is 1. The second kappa shape index (κ2) is 7.64. The minimum Gasteiger partial charge on any atom is -0.482 e. The Bertz CT molecular complexity index is 811. The van der Waals surface area contributed by atoms with Gasteiger partial charge in [0.05, 0.1) is 18.2 Å². The van der Waals surface area contributed by atoms with Crippen molar-refractivity contribution < 1.29 is 29.6 Å². The number of hydrogen-bond donors (Lipinski definition) is 3. The van der Waals surface area contributed by atoms with Crippen LogP contribution in [0.25, 0.3) is 0 Å². The van der Waals surface area contributed by atoms with Crippen LogP contribution >= 0.6 is 0 Å². The molecule has 0 unspecified atom stereocenters. The molecule has 7 nitrogen and oxygen atoms in total. The normalized spacial score (nSPS) is 25.3. The summed E-state index contributed by atoms with van der Waals surface area (Å²) < 4.78 is 10.4. The molecule has 0 amide bonds. The molecule has 0 bridgehead atoms. The summed E-state index contributed by atoms with van der Waals surface area (Å²) >= 11 is 0. The Morgan fingerprint density at radius 3 is 2.19 bits per heavy atom. The summed E-state index contributed by atoms with van der Waals surface area (Å²) in [6.45, 7) is -0.180. The van der Waals surface area contributed by atoms with Crippen molar-refractivity contribution in [2.24, 2.45) is 0 Å². The van der Waals surface area contributed by atoms with Gasteiger partial charge in [0.1, 0.15) is 18.0 Å². The Balaban J connectivity index is 1.71. The molecule has 3 rings (SSSR count). The summed E-state index contributed by atoms with van der Waals surface area (Å²) in [5.74, 6) is 0.0970. The van der Waals surface area contributed by atoms with Crippen molar-refractivity contribution in [3.63, 3.8) is 0 Å². The summed E-state index contributed by atoms with van der Waals surface area (Å²) in [5, 5.41) is 38.1. The second-order valence-corrected chi connectivity index (χ2v) is 5.91. The second-order valence-electron chi connectivity index (χ2n) is 5.91. The van der Waals surface area contributed by atoms with Crippen molar-refractivity contribution in [3.05, 3.63) is 65.2 Å². The smallest absolute Gasteiger partial charge is 0.195 e. The number of ether oxygens (including phenoxy) is 2. The summed E-state index contributed by atoms with van der Waals surface area (Å²) in [7, 11) is 0. The molecule has 0 aromatic heterocycles. The van der Waals surface area contributed by atoms with E-state index >= 15 is 0 Å². The van der Waals surface area contributed by atoms with E-state index in [-0.39, 0.29) is 12.4 Å². The summed E-state index contributed by atoms with van der Waals surface area (Å²) in [6.07, 6.45) is -4.95. The zero-order chi connectivity index (χ0) is 18.7. The van der Waals surface area contributed by atoms with Crippen LogP contribution in [0, 0.1) is 11.3 Å². The van der Waals surface area contributed by atoms with Gasteiger partial charge in [0.15, 0.2) is 18.2 Å². The third kappa shape index (κ3) is 3.74. The van der Waals surface area contributed by atoms with E-state index in [2.05, 4.69) is 0 Å². The molecule has 4 atom stereocenters. The molecule has 7 heteroatoms. The molecule has 1 saturated heterocycles. The van der Waals surface area contributed by atoms with Gasteiger partial charge in [-0.1, -0.05) is 0 Å². The van der Waals surface area contributed by atoms with Gasteiger partial charge < -0.3 is 24.8 Å². The molecule has 0 radical (unpaired) electrons. The lowest BCUT2D eigenvalue weighted by Gasteiger charge is -2.35. The van der Waals surface area contributed by atoms with Crippen molar-refractivity contribution in [2.45, 2.75) is 24.6 Å². The average molecular weight is 355 g/mol. The monoisotopic (exact) mass is 355 g/mol. The maximum Gasteiger partial charge on any atom is 0.195 e. The number of rotatable bonds is 4. The van der Waals surface area contributed by atoms with Gasteiger partial charge in [-0.2, -0.15) is 5.26 Å². The van der Waals surface area contributed by atoms with Crippen LogP contribution in [-0.4, -0.2) is 52.3 Å². The van der Waals surface area contributed by atoms with Crippen molar-refractivity contribution >= 4 is 5.78 Å². The molecule has 2 aromatic carbocycles. The molecule has 26 heavy (non-hydrogen) atoms. The van der Waals surface area contributed by atoms with Gasteiger partial charge in [-0.05, 0) is 48.5 Å². The molecular formula is C19H17NO6. The maximum absolute atomic E-state index is 12.4. The summed E-state index contributed by atoms with van der Waals surface area (Å²) in [6, 6.07) is 14.5. The highest BCUT2D eigenvalue weighted by molar-refractivity contribution is 6.09. The van der Waals surface area contributed by atoms with E-state index in [1.165, 1.54) is 12.1 Å². The number of benzene rings is 2. The van der Waals surface area contributed by atoms with Crippen LogP contribution in [0.2, 0.25) is 0 Å². The number of aliphatic hydroxyl groups excluding tert-OH is 3. The van der Waals surface area contributed by atoms with Crippen LogP contribution in [-0.2, 0) is 4.74 Å². The predicted octanol–water partition coefficient (Wildman–Crippen LogP) is 0.607. The van der Waals surface area contributed by atoms with Crippen LogP contribution in [0.4, 0.5) is 0 Å². The zero-order valence-electron chi connectivity index (χ0n) is 13.6. The first-order chi connectivity index (χ1) is 12.5. The molecule has 1 heterocycles. The lowest BCUT2D eigenvalue weighted by Crippen LogP contribution is -2.55. The van der Waals surface area contributed by atoms with E-state index in [9.17, 15) is 20.1 Å². The predicted molar refractivity (Wildman–Crippen MR) is 89.4 cm³/mol. The Morgan fingerprint density at radius 2 is 1.62 bits per heavy atom. The van der Waals surface area contributed by atoms with E-state index in [0.29, 0.717) is 22.4 Å². The standard InChI is InChI=1S/C19H17NO6/c20-9-11-1-3-12(4-2-11)16(22)13-5-7-14(8-6-13)26-18-17(23)15(21)10-25-19(18)24/h1-8,15,17-19,21,23-24H,10H2/t15-,17+,18+,19+/m1/s1. The number of hydrogen-bond acceptors (Lipinski definition) is 7. The van der Waals surface area contributed by atoms with E-state index in [1.54, 1.807) is 36.4 Å². The zero-order valence-corrected chi connectivity index (χ0v) is 13.6. The molecule has 134 valence electrons. The fourth-order valence-corrected chi connectivity index (χ4v) is 2.61. The van der Waals surface area contributed by atoms with Gasteiger partial charge in [-0.25, -0.2) is 0 Å². The van der Waals surface area contributed by atoms with Crippen molar-refractivity contribution in [3.8, 4) is 11.8 Å². The molecule has 2 aromatic rings. The first-order valence-corrected chi connectivity index (χ1v) is 7.97. The van der Waals surface area contributed by atoms with E-state index < -0.39 is 24.6 Å². The van der Waals surface area contributed by atoms with Crippen LogP contribution in [0.1, 0.15) is 21.5 Å². The first kappa shape index (κ1) is 18.0. The first-order valence-electron chi connectivity index (χ1n) is 7.97. The highest BCUT2D eigenvalue weighted by Gasteiger charge is 2.39. The third-order valence-corrected chi connectivity index (χ3v) is 4.11. The van der Waals surface area contributed by atoms with E-state index in [4.69, 9.17) is 14.7 Å². The molecule has 0 spiro atoms. The summed E-state index contributed by atoms with van der Waals surface area (Å²) in [5.41, 5.74) is 1.34. The quantitative estimate of drug-likeness (QED) is 0.687. The van der Waals surface area contributed by atoms with Crippen LogP contribution in [0.15, 0.2) is 48.5 Å². The number of carbonyl (C=O) groups excluding carboxylic acids is 1. The number of nitrogens with zero attached hydrogens (tertiary/aromatic N) is 1. The van der Waals surface area contributed by atoms with Gasteiger partial charge in [0, 0.05) is 11.1 Å². The fraction of sp³-hybridized carbons (Fsp3) is 0.263. The minimum absolute atomic E-state index is 0.180. The SMILES string of the molecule is N#Cc1ccc(C(=O)c2ccc(O[C@H]3[C@@H](O)[C@H](O)CO[C@@H]3O)cc2)cc1. The minimum atomic E-state index is -1.37. The van der Waals surface area contributed by atoms with Gasteiger partial charge in [0.25, 0.3) is 0 Å². The van der Waals surface area contributed by atoms with Gasteiger partial charge in [-0.3, -0.25) is 4.79 Å². The molecular weight excluding hydrogens is 338 g/mol. The van der Waals surface area contributed by atoms with Gasteiger partial charge in [-0.15, -0.1) is 0 Å². The number of nitriles is 1. The average Bonchev–Trinajstić information content (AvgIpc) is 2.68. The highest BCUT2D eigenvalue weighted by atomic mass is 16.6. The van der Waals surface area contributed by atoms with Gasteiger partial charge in [0.2, 0.25) is 0 Å². The Hall–Kier alpha value is -2.76. The molecule has 0 aliphatic carbocycles. The topological polar surface area (TPSA) is 120 Å². The molecule has 1 aliphatic rings. The molecule has 0 saturated carbocycles. The third-order valence-electron chi connectivity index (χ3n) is 4.11. The van der Waals surface area contributed by atoms with Gasteiger partial charge >= 0.3 is 0 Å². The highest BCUT2D eigenvalue weighted by Crippen LogP contribution is 2.22. The Kier molecular flexibility index (Phi) is 5.30. The largest absolute Gasteiger partial charge is 0.482 e. The van der Waals surface area contributed by atoms with Crippen LogP contribution < -0.4 is 4.74 Å². The maximum atomic E-state index is 12.4. The molecule has 1 aliphatic heterocycles. The fourth-order valence-electron chi connectivity index (χ4n) is 2.61. The van der Waals surface area contributed by atoms with E-state index in [0.717, 1.165) is 0 Å². The van der Waals surface area contributed by atoms with Crippen LogP contribution in [0.5, 0.6) is 5.75 Å². The molecule has 1 fully saturated rings. The Labute approximate surface area is 149 Å². The lowest BCUT2D eigenvalue weighted by molar-refractivity contribution is -0.244. The number of aliphatic hydroxyl groups is 3. The Morgan fingerprint density at radius 1 is 1.04 bits per heavy atom. The van der Waals surface area contributed by atoms with Crippen molar-refractivity contribution in [1.82, 2.24) is 0 Å². The summed E-state index contributed by atoms with van der Waals surface area (Å²) in [4.78, 5) is 12.4. The van der Waals surface area contributed by atoms with Crippen molar-refractivity contribution in [2.75, 3.05) is 6.61 Å². The lowest BCUT2D eigenvalue weighted by atomic mass is 10.0.